The minimum absolute atomic E-state index is 0.00298. The summed E-state index contributed by atoms with van der Waals surface area (Å²) in [4.78, 5) is 4.84. The van der Waals surface area contributed by atoms with E-state index in [1.165, 1.54) is 0 Å². The molecule has 0 aliphatic rings. The molecule has 0 aliphatic carbocycles. The zero-order valence-electron chi connectivity index (χ0n) is 14.9. The van der Waals surface area contributed by atoms with Crippen molar-refractivity contribution in [1.82, 2.24) is 0 Å². The van der Waals surface area contributed by atoms with E-state index >= 15 is 0 Å². The van der Waals surface area contributed by atoms with Crippen molar-refractivity contribution in [2.24, 2.45) is 4.99 Å². The van der Waals surface area contributed by atoms with Crippen LogP contribution in [0.1, 0.15) is 37.5 Å². The Balaban J connectivity index is 2.21. The summed E-state index contributed by atoms with van der Waals surface area (Å²) < 4.78 is 0. The van der Waals surface area contributed by atoms with Crippen molar-refractivity contribution in [3.8, 4) is 5.75 Å². The fourth-order valence-corrected chi connectivity index (χ4v) is 2.70. The van der Waals surface area contributed by atoms with Gasteiger partial charge in [-0.1, -0.05) is 75.4 Å². The van der Waals surface area contributed by atoms with E-state index in [-0.39, 0.29) is 11.2 Å². The van der Waals surface area contributed by atoms with E-state index in [9.17, 15) is 5.11 Å². The molecule has 0 aliphatic heterocycles. The molecule has 3 aromatic rings. The van der Waals surface area contributed by atoms with Crippen LogP contribution in [0.3, 0.4) is 0 Å². The van der Waals surface area contributed by atoms with E-state index in [0.29, 0.717) is 0 Å². The molecule has 3 rings (SSSR count). The first-order valence-electron chi connectivity index (χ1n) is 8.48. The van der Waals surface area contributed by atoms with E-state index in [1.54, 1.807) is 6.07 Å². The van der Waals surface area contributed by atoms with Crippen molar-refractivity contribution in [2.75, 3.05) is 0 Å². The number of nitrogens with zero attached hydrogens (tertiary/aromatic N) is 1. The molecule has 126 valence electrons. The highest BCUT2D eigenvalue weighted by Gasteiger charge is 2.18. The smallest absolute Gasteiger partial charge is 0.125 e. The molecule has 25 heavy (non-hydrogen) atoms. The fourth-order valence-electron chi connectivity index (χ4n) is 2.70. The van der Waals surface area contributed by atoms with Crippen molar-refractivity contribution in [3.05, 3.63) is 95.6 Å². The number of hydrogen-bond acceptors (Lipinski definition) is 2. The molecule has 0 amide bonds. The molecule has 0 atom stereocenters. The van der Waals surface area contributed by atoms with Gasteiger partial charge in [-0.3, -0.25) is 0 Å². The maximum Gasteiger partial charge on any atom is 0.125 e. The number of rotatable bonds is 3. The van der Waals surface area contributed by atoms with Gasteiger partial charge < -0.3 is 5.11 Å². The number of aliphatic imine (C=N–C) groups is 1. The summed E-state index contributed by atoms with van der Waals surface area (Å²) in [5.41, 5.74) is 4.53. The second-order valence-electron chi connectivity index (χ2n) is 7.14. The number of phenolic OH excluding ortho intramolecular Hbond substituents is 1. The summed E-state index contributed by atoms with van der Waals surface area (Å²) in [7, 11) is 0. The Morgan fingerprint density at radius 2 is 1.40 bits per heavy atom. The molecular weight excluding hydrogens is 306 g/mol. The lowest BCUT2D eigenvalue weighted by Crippen LogP contribution is -2.13. The zero-order chi connectivity index (χ0) is 17.9. The molecule has 2 nitrogen and oxygen atoms in total. The average Bonchev–Trinajstić information content (AvgIpc) is 2.61. The van der Waals surface area contributed by atoms with Crippen LogP contribution in [0.4, 0.5) is 5.69 Å². The van der Waals surface area contributed by atoms with Gasteiger partial charge >= 0.3 is 0 Å². The Morgan fingerprint density at radius 3 is 2.00 bits per heavy atom. The number of aromatic hydroxyl groups is 1. The average molecular weight is 329 g/mol. The van der Waals surface area contributed by atoms with Gasteiger partial charge in [-0.2, -0.15) is 0 Å². The number of benzene rings is 3. The van der Waals surface area contributed by atoms with E-state index in [1.807, 2.05) is 72.8 Å². The molecule has 0 heterocycles. The Morgan fingerprint density at radius 1 is 0.800 bits per heavy atom. The van der Waals surface area contributed by atoms with Gasteiger partial charge in [-0.25, -0.2) is 4.99 Å². The van der Waals surface area contributed by atoms with E-state index in [0.717, 1.165) is 28.1 Å². The molecule has 0 spiro atoms. The summed E-state index contributed by atoms with van der Waals surface area (Å²) in [5, 5.41) is 10.5. The van der Waals surface area contributed by atoms with Crippen LogP contribution in [-0.4, -0.2) is 10.8 Å². The molecule has 0 fully saturated rings. The maximum absolute atomic E-state index is 10.5. The third kappa shape index (κ3) is 3.97. The van der Waals surface area contributed by atoms with Gasteiger partial charge in [0, 0.05) is 11.1 Å². The highest BCUT2D eigenvalue weighted by molar-refractivity contribution is 6.15. The Hall–Kier alpha value is -2.87. The largest absolute Gasteiger partial charge is 0.507 e. The molecule has 0 saturated heterocycles. The molecule has 0 saturated carbocycles. The maximum atomic E-state index is 10.5. The minimum Gasteiger partial charge on any atom is -0.507 e. The minimum atomic E-state index is -0.00298. The summed E-state index contributed by atoms with van der Waals surface area (Å²) >= 11 is 0. The highest BCUT2D eigenvalue weighted by atomic mass is 16.3. The van der Waals surface area contributed by atoms with Crippen LogP contribution in [0.15, 0.2) is 83.9 Å². The Kier molecular flexibility index (Phi) is 4.71. The van der Waals surface area contributed by atoms with Gasteiger partial charge in [-0.05, 0) is 35.2 Å². The van der Waals surface area contributed by atoms with E-state index < -0.39 is 0 Å². The second kappa shape index (κ2) is 6.94. The topological polar surface area (TPSA) is 32.6 Å². The third-order valence-corrected chi connectivity index (χ3v) is 4.16. The number of hydrogen-bond donors (Lipinski definition) is 1. The van der Waals surface area contributed by atoms with Gasteiger partial charge in [0.15, 0.2) is 0 Å². The van der Waals surface area contributed by atoms with Crippen molar-refractivity contribution in [1.29, 1.82) is 0 Å². The molecule has 1 N–H and O–H groups in total. The van der Waals surface area contributed by atoms with Gasteiger partial charge in [0.1, 0.15) is 5.75 Å². The lowest BCUT2D eigenvalue weighted by molar-refractivity contribution is 0.473. The van der Waals surface area contributed by atoms with Gasteiger partial charge in [0.2, 0.25) is 0 Å². The Labute approximate surface area is 149 Å². The molecule has 3 aromatic carbocycles. The van der Waals surface area contributed by atoms with Crippen LogP contribution in [0.5, 0.6) is 5.75 Å². The monoisotopic (exact) mass is 329 g/mol. The van der Waals surface area contributed by atoms with Gasteiger partial charge in [0.25, 0.3) is 0 Å². The quantitative estimate of drug-likeness (QED) is 0.600. The molecule has 2 heteroatoms. The molecular formula is C23H23NO. The molecule has 0 radical (unpaired) electrons. The predicted molar refractivity (Wildman–Crippen MR) is 105 cm³/mol. The van der Waals surface area contributed by atoms with Crippen LogP contribution in [-0.2, 0) is 5.41 Å². The molecule has 0 unspecified atom stereocenters. The van der Waals surface area contributed by atoms with Crippen LogP contribution in [0.25, 0.3) is 0 Å². The fraction of sp³-hybridized carbons (Fsp3) is 0.174. The number of phenols is 1. The first-order valence-corrected chi connectivity index (χ1v) is 8.48. The number of para-hydroxylation sites is 1. The second-order valence-corrected chi connectivity index (χ2v) is 7.14. The molecule has 0 aromatic heterocycles. The van der Waals surface area contributed by atoms with E-state index in [4.69, 9.17) is 4.99 Å². The van der Waals surface area contributed by atoms with Gasteiger partial charge in [0.05, 0.1) is 11.4 Å². The zero-order valence-corrected chi connectivity index (χ0v) is 14.9. The predicted octanol–water partition coefficient (Wildman–Crippen LogP) is 5.86. The van der Waals surface area contributed by atoms with Crippen molar-refractivity contribution in [2.45, 2.75) is 26.2 Å². The van der Waals surface area contributed by atoms with Gasteiger partial charge in [-0.15, -0.1) is 0 Å². The summed E-state index contributed by atoms with van der Waals surface area (Å²) in [6.45, 7) is 6.50. The van der Waals surface area contributed by atoms with Crippen LogP contribution >= 0.6 is 0 Å². The van der Waals surface area contributed by atoms with Crippen LogP contribution in [0, 0.1) is 0 Å². The summed E-state index contributed by atoms with van der Waals surface area (Å²) in [5.74, 6) is 0.242. The summed E-state index contributed by atoms with van der Waals surface area (Å²) in [6, 6.07) is 25.6. The lowest BCUT2D eigenvalue weighted by Gasteiger charge is -2.21. The van der Waals surface area contributed by atoms with Crippen LogP contribution < -0.4 is 0 Å². The first kappa shape index (κ1) is 17.0. The van der Waals surface area contributed by atoms with Crippen molar-refractivity contribution >= 4 is 11.4 Å². The molecule has 0 bridgehead atoms. The lowest BCUT2D eigenvalue weighted by atomic mass is 9.85. The van der Waals surface area contributed by atoms with Crippen molar-refractivity contribution < 1.29 is 5.11 Å². The van der Waals surface area contributed by atoms with Crippen LogP contribution in [0.2, 0.25) is 0 Å². The summed E-state index contributed by atoms with van der Waals surface area (Å²) in [6.07, 6.45) is 0. The first-order chi connectivity index (χ1) is 11.9. The Bertz CT molecular complexity index is 875. The highest BCUT2D eigenvalue weighted by Crippen LogP contribution is 2.30. The van der Waals surface area contributed by atoms with E-state index in [2.05, 4.69) is 20.8 Å². The third-order valence-electron chi connectivity index (χ3n) is 4.16. The SMILES string of the molecule is CC(C)(C)c1ccc(O)c(C(=Nc2ccccc2)c2ccccc2)c1. The normalized spacial score (nSPS) is 12.2. The van der Waals surface area contributed by atoms with Crippen molar-refractivity contribution in [3.63, 3.8) is 0 Å². The standard InChI is InChI=1S/C23H23NO/c1-23(2,3)18-14-15-21(25)20(16-18)22(17-10-6-4-7-11-17)24-19-12-8-5-9-13-19/h4-16,25H,1-3H3.